The maximum atomic E-state index is 13.5. The number of nitrogens with zero attached hydrogens (tertiary/aromatic N) is 2. The van der Waals surface area contributed by atoms with E-state index >= 15 is 0 Å². The van der Waals surface area contributed by atoms with Crippen LogP contribution < -0.4 is 11.1 Å². The van der Waals surface area contributed by atoms with Gasteiger partial charge in [-0.1, -0.05) is 26.0 Å². The number of nitrogens with two attached hydrogens (primary N) is 1. The Kier molecular flexibility index (Phi) is 6.09. The van der Waals surface area contributed by atoms with Crippen LogP contribution >= 0.6 is 0 Å². The molecule has 2 aromatic heterocycles. The number of fused-ring (bicyclic) bond motifs is 1. The average molecular weight is 382 g/mol. The normalized spacial score (nSPS) is 13.6. The summed E-state index contributed by atoms with van der Waals surface area (Å²) in [6.45, 7) is 6.90. The highest BCUT2D eigenvalue weighted by molar-refractivity contribution is 5.87. The van der Waals surface area contributed by atoms with Crippen molar-refractivity contribution in [3.05, 3.63) is 65.9 Å². The van der Waals surface area contributed by atoms with E-state index in [-0.39, 0.29) is 11.7 Å². The molecular formula is C22H27FN4O. The van der Waals surface area contributed by atoms with Crippen molar-refractivity contribution in [2.75, 3.05) is 0 Å². The molecule has 5 nitrogen and oxygen atoms in total. The standard InChI is InChI=1S/C22H27FN4O/c1-4-27-13-18(17-9-10-25-12-20(17)27)21(15-5-7-16(23)8-6-15)26-22(28)19(24)11-14(2)3/h5-10,12-14,19,21H,4,11,24H2,1-3H3,(H,26,28). The Labute approximate surface area is 164 Å². The molecule has 6 heteroatoms. The van der Waals surface area contributed by atoms with E-state index in [0.717, 1.165) is 28.6 Å². The van der Waals surface area contributed by atoms with Crippen molar-refractivity contribution in [3.8, 4) is 0 Å². The molecule has 3 N–H and O–H groups in total. The molecule has 0 saturated heterocycles. The number of carbonyl (C=O) groups is 1. The Morgan fingerprint density at radius 2 is 1.96 bits per heavy atom. The van der Waals surface area contributed by atoms with Gasteiger partial charge in [-0.15, -0.1) is 0 Å². The monoisotopic (exact) mass is 382 g/mol. The molecule has 2 atom stereocenters. The third kappa shape index (κ3) is 4.22. The van der Waals surface area contributed by atoms with Gasteiger partial charge in [0, 0.05) is 29.9 Å². The van der Waals surface area contributed by atoms with Crippen LogP contribution in [0.2, 0.25) is 0 Å². The largest absolute Gasteiger partial charge is 0.346 e. The van der Waals surface area contributed by atoms with Gasteiger partial charge in [0.2, 0.25) is 5.91 Å². The zero-order valence-electron chi connectivity index (χ0n) is 16.5. The molecule has 1 amide bonds. The number of carbonyl (C=O) groups excluding carboxylic acids is 1. The quantitative estimate of drug-likeness (QED) is 0.653. The van der Waals surface area contributed by atoms with Crippen molar-refractivity contribution in [3.63, 3.8) is 0 Å². The molecule has 0 radical (unpaired) electrons. The summed E-state index contributed by atoms with van der Waals surface area (Å²) in [5.41, 5.74) is 8.84. The van der Waals surface area contributed by atoms with Crippen LogP contribution in [0.4, 0.5) is 4.39 Å². The molecule has 0 spiro atoms. The molecule has 0 saturated carbocycles. The summed E-state index contributed by atoms with van der Waals surface area (Å²) >= 11 is 0. The summed E-state index contributed by atoms with van der Waals surface area (Å²) < 4.78 is 15.6. The second-order valence-corrected chi connectivity index (χ2v) is 7.49. The van der Waals surface area contributed by atoms with Crippen molar-refractivity contribution in [2.24, 2.45) is 11.7 Å². The number of nitrogens with one attached hydrogen (secondary N) is 1. The van der Waals surface area contributed by atoms with Gasteiger partial charge in [0.25, 0.3) is 0 Å². The summed E-state index contributed by atoms with van der Waals surface area (Å²) in [4.78, 5) is 17.0. The van der Waals surface area contributed by atoms with Crippen LogP contribution in [0, 0.1) is 11.7 Å². The summed E-state index contributed by atoms with van der Waals surface area (Å²) in [6, 6.07) is 7.13. The maximum Gasteiger partial charge on any atom is 0.237 e. The molecule has 2 unspecified atom stereocenters. The number of hydrogen-bond donors (Lipinski definition) is 2. The van der Waals surface area contributed by atoms with Crippen LogP contribution in [0.1, 0.15) is 44.4 Å². The van der Waals surface area contributed by atoms with Gasteiger partial charge >= 0.3 is 0 Å². The van der Waals surface area contributed by atoms with E-state index in [2.05, 4.69) is 21.8 Å². The Bertz CT molecular complexity index is 949. The van der Waals surface area contributed by atoms with Crippen molar-refractivity contribution < 1.29 is 9.18 Å². The number of aryl methyl sites for hydroxylation is 1. The molecule has 0 fully saturated rings. The summed E-state index contributed by atoms with van der Waals surface area (Å²) in [6.07, 6.45) is 6.17. The van der Waals surface area contributed by atoms with Crippen LogP contribution in [0.5, 0.6) is 0 Å². The fourth-order valence-corrected chi connectivity index (χ4v) is 3.52. The Morgan fingerprint density at radius 1 is 1.25 bits per heavy atom. The highest BCUT2D eigenvalue weighted by atomic mass is 19.1. The molecule has 1 aromatic carbocycles. The van der Waals surface area contributed by atoms with Gasteiger partial charge in [-0.3, -0.25) is 9.78 Å². The number of pyridine rings is 1. The van der Waals surface area contributed by atoms with Crippen molar-refractivity contribution >= 4 is 16.8 Å². The second kappa shape index (κ2) is 8.52. The molecule has 0 bridgehead atoms. The number of aromatic nitrogens is 2. The summed E-state index contributed by atoms with van der Waals surface area (Å²) in [5.74, 6) is -0.210. The molecule has 3 aromatic rings. The number of benzene rings is 1. The summed E-state index contributed by atoms with van der Waals surface area (Å²) in [7, 11) is 0. The van der Waals surface area contributed by atoms with Gasteiger partial charge in [0.1, 0.15) is 5.82 Å². The molecular weight excluding hydrogens is 355 g/mol. The molecule has 0 aliphatic carbocycles. The second-order valence-electron chi connectivity index (χ2n) is 7.49. The predicted molar refractivity (Wildman–Crippen MR) is 109 cm³/mol. The minimum Gasteiger partial charge on any atom is -0.346 e. The number of hydrogen-bond acceptors (Lipinski definition) is 3. The van der Waals surface area contributed by atoms with E-state index in [9.17, 15) is 9.18 Å². The fraction of sp³-hybridized carbons (Fsp3) is 0.364. The third-order valence-electron chi connectivity index (χ3n) is 4.92. The van der Waals surface area contributed by atoms with Crippen LogP contribution in [0.3, 0.4) is 0 Å². The van der Waals surface area contributed by atoms with Crippen LogP contribution in [-0.2, 0) is 11.3 Å². The minimum atomic E-state index is -0.593. The minimum absolute atomic E-state index is 0.213. The van der Waals surface area contributed by atoms with Crippen molar-refractivity contribution in [2.45, 2.75) is 45.8 Å². The molecule has 0 aliphatic heterocycles. The first-order valence-corrected chi connectivity index (χ1v) is 9.64. The SMILES string of the molecule is CCn1cc(C(NC(=O)C(N)CC(C)C)c2ccc(F)cc2)c2ccncc21. The first-order chi connectivity index (χ1) is 13.4. The van der Waals surface area contributed by atoms with E-state index in [1.54, 1.807) is 18.3 Å². The van der Waals surface area contributed by atoms with Gasteiger partial charge in [-0.2, -0.15) is 0 Å². The van der Waals surface area contributed by atoms with Gasteiger partial charge in [0.05, 0.1) is 23.8 Å². The van der Waals surface area contributed by atoms with Crippen LogP contribution in [-0.4, -0.2) is 21.5 Å². The number of amides is 1. The predicted octanol–water partition coefficient (Wildman–Crippen LogP) is 3.77. The van der Waals surface area contributed by atoms with E-state index in [4.69, 9.17) is 5.73 Å². The van der Waals surface area contributed by atoms with E-state index < -0.39 is 12.1 Å². The number of halogens is 1. The maximum absolute atomic E-state index is 13.5. The first-order valence-electron chi connectivity index (χ1n) is 9.64. The van der Waals surface area contributed by atoms with E-state index in [0.29, 0.717) is 12.3 Å². The molecule has 28 heavy (non-hydrogen) atoms. The van der Waals surface area contributed by atoms with Gasteiger partial charge in [-0.05, 0) is 43.0 Å². The van der Waals surface area contributed by atoms with Crippen molar-refractivity contribution in [1.82, 2.24) is 14.9 Å². The Balaban J connectivity index is 2.04. The lowest BCUT2D eigenvalue weighted by atomic mass is 9.97. The van der Waals surface area contributed by atoms with Gasteiger partial charge in [0.15, 0.2) is 0 Å². The highest BCUT2D eigenvalue weighted by Gasteiger charge is 2.24. The first kappa shape index (κ1) is 20.0. The van der Waals surface area contributed by atoms with Gasteiger partial charge in [-0.25, -0.2) is 4.39 Å². The lowest BCUT2D eigenvalue weighted by Crippen LogP contribution is -2.43. The third-order valence-corrected chi connectivity index (χ3v) is 4.92. The topological polar surface area (TPSA) is 72.9 Å². The van der Waals surface area contributed by atoms with E-state index in [1.165, 1.54) is 12.1 Å². The molecule has 0 aliphatic rings. The lowest BCUT2D eigenvalue weighted by Gasteiger charge is -2.22. The number of rotatable bonds is 7. The Morgan fingerprint density at radius 3 is 2.61 bits per heavy atom. The Hall–Kier alpha value is -2.73. The molecule has 148 valence electrons. The smallest absolute Gasteiger partial charge is 0.237 e. The summed E-state index contributed by atoms with van der Waals surface area (Å²) in [5, 5.41) is 4.09. The van der Waals surface area contributed by atoms with Crippen LogP contribution in [0.25, 0.3) is 10.9 Å². The zero-order chi connectivity index (χ0) is 20.3. The zero-order valence-corrected chi connectivity index (χ0v) is 16.5. The lowest BCUT2D eigenvalue weighted by molar-refractivity contribution is -0.123. The average Bonchev–Trinajstić information content (AvgIpc) is 3.05. The van der Waals surface area contributed by atoms with E-state index in [1.807, 2.05) is 32.3 Å². The highest BCUT2D eigenvalue weighted by Crippen LogP contribution is 2.31. The van der Waals surface area contributed by atoms with Crippen LogP contribution in [0.15, 0.2) is 48.9 Å². The van der Waals surface area contributed by atoms with Crippen molar-refractivity contribution in [1.29, 1.82) is 0 Å². The fourth-order valence-electron chi connectivity index (χ4n) is 3.52. The molecule has 2 heterocycles. The van der Waals surface area contributed by atoms with Gasteiger partial charge < -0.3 is 15.6 Å². The molecule has 3 rings (SSSR count).